The van der Waals surface area contributed by atoms with E-state index in [1.54, 1.807) is 17.4 Å². The SMILES string of the molecule is NC(Cc1cccc(Cl)c1Cl)c1sccc1Br. The quantitative estimate of drug-likeness (QED) is 0.822. The first kappa shape index (κ1) is 13.4. The minimum absolute atomic E-state index is 0.0691. The Morgan fingerprint density at radius 2 is 2.06 bits per heavy atom. The Morgan fingerprint density at radius 3 is 2.71 bits per heavy atom. The maximum Gasteiger partial charge on any atom is 0.0624 e. The average Bonchev–Trinajstić information content (AvgIpc) is 2.71. The van der Waals surface area contributed by atoms with Crippen LogP contribution in [0.25, 0.3) is 0 Å². The second kappa shape index (κ2) is 5.72. The second-order valence-corrected chi connectivity index (χ2v) is 6.24. The molecule has 1 atom stereocenters. The Kier molecular flexibility index (Phi) is 4.50. The first-order valence-corrected chi connectivity index (χ1v) is 7.44. The number of hydrogen-bond donors (Lipinski definition) is 1. The van der Waals surface area contributed by atoms with Crippen LogP contribution >= 0.6 is 50.5 Å². The number of halogens is 3. The lowest BCUT2D eigenvalue weighted by Crippen LogP contribution is -2.12. The molecule has 17 heavy (non-hydrogen) atoms. The Labute approximate surface area is 123 Å². The topological polar surface area (TPSA) is 26.0 Å². The van der Waals surface area contributed by atoms with Gasteiger partial charge >= 0.3 is 0 Å². The van der Waals surface area contributed by atoms with Crippen LogP contribution in [0.3, 0.4) is 0 Å². The van der Waals surface area contributed by atoms with Crippen molar-refractivity contribution in [2.24, 2.45) is 5.73 Å². The summed E-state index contributed by atoms with van der Waals surface area (Å²) < 4.78 is 1.05. The zero-order chi connectivity index (χ0) is 12.4. The molecule has 0 saturated carbocycles. The van der Waals surface area contributed by atoms with Gasteiger partial charge in [-0.15, -0.1) is 11.3 Å². The van der Waals surface area contributed by atoms with E-state index in [0.29, 0.717) is 16.5 Å². The molecule has 0 aliphatic rings. The van der Waals surface area contributed by atoms with Crippen molar-refractivity contribution in [1.82, 2.24) is 0 Å². The molecular weight excluding hydrogens is 341 g/mol. The highest BCUT2D eigenvalue weighted by Gasteiger charge is 2.14. The minimum atomic E-state index is -0.0691. The van der Waals surface area contributed by atoms with E-state index in [4.69, 9.17) is 28.9 Å². The summed E-state index contributed by atoms with van der Waals surface area (Å²) in [7, 11) is 0. The molecule has 0 aliphatic heterocycles. The fraction of sp³-hybridized carbons (Fsp3) is 0.167. The standard InChI is InChI=1S/C12H10BrCl2NS/c13-8-4-5-17-12(8)10(16)6-7-2-1-3-9(14)11(7)15/h1-5,10H,6,16H2. The van der Waals surface area contributed by atoms with Gasteiger partial charge in [0.25, 0.3) is 0 Å². The smallest absolute Gasteiger partial charge is 0.0624 e. The van der Waals surface area contributed by atoms with Crippen molar-refractivity contribution >= 4 is 50.5 Å². The molecule has 2 rings (SSSR count). The van der Waals surface area contributed by atoms with Crippen LogP contribution < -0.4 is 5.73 Å². The Balaban J connectivity index is 2.22. The highest BCUT2D eigenvalue weighted by Crippen LogP contribution is 2.32. The molecule has 0 spiro atoms. The zero-order valence-electron chi connectivity index (χ0n) is 8.79. The lowest BCUT2D eigenvalue weighted by atomic mass is 10.1. The summed E-state index contributed by atoms with van der Waals surface area (Å²) in [4.78, 5) is 1.13. The normalized spacial score (nSPS) is 12.7. The van der Waals surface area contributed by atoms with E-state index in [2.05, 4.69) is 15.9 Å². The average molecular weight is 351 g/mol. The first-order chi connectivity index (χ1) is 8.09. The lowest BCUT2D eigenvalue weighted by molar-refractivity contribution is 0.734. The largest absolute Gasteiger partial charge is 0.323 e. The molecule has 2 aromatic rings. The van der Waals surface area contributed by atoms with Gasteiger partial charge in [0.05, 0.1) is 10.0 Å². The lowest BCUT2D eigenvalue weighted by Gasteiger charge is -2.12. The van der Waals surface area contributed by atoms with Gasteiger partial charge in [0, 0.05) is 15.4 Å². The van der Waals surface area contributed by atoms with E-state index in [-0.39, 0.29) is 6.04 Å². The maximum atomic E-state index is 6.17. The van der Waals surface area contributed by atoms with Crippen LogP contribution in [0.15, 0.2) is 34.1 Å². The molecule has 0 fully saturated rings. The van der Waals surface area contributed by atoms with E-state index < -0.39 is 0 Å². The molecule has 1 nitrogen and oxygen atoms in total. The summed E-state index contributed by atoms with van der Waals surface area (Å²) in [6.07, 6.45) is 0.679. The van der Waals surface area contributed by atoms with E-state index in [9.17, 15) is 0 Å². The molecule has 1 unspecified atom stereocenters. The van der Waals surface area contributed by atoms with Crippen molar-refractivity contribution in [2.75, 3.05) is 0 Å². The molecule has 0 saturated heterocycles. The van der Waals surface area contributed by atoms with Gasteiger partial charge in [-0.1, -0.05) is 35.3 Å². The molecule has 0 bridgehead atoms. The fourth-order valence-electron chi connectivity index (χ4n) is 1.61. The van der Waals surface area contributed by atoms with Crippen LogP contribution in [0.4, 0.5) is 0 Å². The zero-order valence-corrected chi connectivity index (χ0v) is 12.7. The summed E-state index contributed by atoms with van der Waals surface area (Å²) >= 11 is 17.2. The fourth-order valence-corrected chi connectivity index (χ4v) is 3.67. The second-order valence-electron chi connectivity index (χ2n) is 3.66. The maximum absolute atomic E-state index is 6.17. The molecule has 1 aromatic carbocycles. The van der Waals surface area contributed by atoms with Crippen molar-refractivity contribution < 1.29 is 0 Å². The molecular formula is C12H10BrCl2NS. The van der Waals surface area contributed by atoms with E-state index in [1.165, 1.54) is 0 Å². The molecule has 0 aliphatic carbocycles. The Morgan fingerprint density at radius 1 is 1.29 bits per heavy atom. The third-order valence-electron chi connectivity index (χ3n) is 2.45. The van der Waals surface area contributed by atoms with Gasteiger partial charge in [-0.3, -0.25) is 0 Å². The van der Waals surface area contributed by atoms with E-state index in [1.807, 2.05) is 23.6 Å². The van der Waals surface area contributed by atoms with Crippen molar-refractivity contribution in [3.05, 3.63) is 54.6 Å². The highest BCUT2D eigenvalue weighted by atomic mass is 79.9. The van der Waals surface area contributed by atoms with Crippen LogP contribution in [0.2, 0.25) is 10.0 Å². The molecule has 0 amide bonds. The highest BCUT2D eigenvalue weighted by molar-refractivity contribution is 9.10. The number of nitrogens with two attached hydrogens (primary N) is 1. The summed E-state index contributed by atoms with van der Waals surface area (Å²) in [6.45, 7) is 0. The van der Waals surface area contributed by atoms with Crippen LogP contribution in [-0.4, -0.2) is 0 Å². The predicted octanol–water partition coefficient (Wildman–Crippen LogP) is 5.06. The van der Waals surface area contributed by atoms with Crippen molar-refractivity contribution in [2.45, 2.75) is 12.5 Å². The van der Waals surface area contributed by atoms with Crippen LogP contribution in [0.5, 0.6) is 0 Å². The van der Waals surface area contributed by atoms with Gasteiger partial charge in [0.1, 0.15) is 0 Å². The molecule has 5 heteroatoms. The molecule has 1 heterocycles. The van der Waals surface area contributed by atoms with Crippen molar-refractivity contribution in [3.8, 4) is 0 Å². The monoisotopic (exact) mass is 349 g/mol. The first-order valence-electron chi connectivity index (χ1n) is 5.01. The van der Waals surface area contributed by atoms with Gasteiger partial charge in [-0.2, -0.15) is 0 Å². The van der Waals surface area contributed by atoms with E-state index in [0.717, 1.165) is 14.9 Å². The summed E-state index contributed by atoms with van der Waals surface area (Å²) in [5.74, 6) is 0. The number of hydrogen-bond acceptors (Lipinski definition) is 2. The Bertz CT molecular complexity index is 527. The molecule has 90 valence electrons. The van der Waals surface area contributed by atoms with Gasteiger partial charge in [0.2, 0.25) is 0 Å². The van der Waals surface area contributed by atoms with Gasteiger partial charge in [-0.05, 0) is 45.4 Å². The van der Waals surface area contributed by atoms with Crippen LogP contribution in [0, 0.1) is 0 Å². The summed E-state index contributed by atoms with van der Waals surface area (Å²) in [5.41, 5.74) is 7.15. The number of thiophene rings is 1. The van der Waals surface area contributed by atoms with Gasteiger partial charge in [-0.25, -0.2) is 0 Å². The number of rotatable bonds is 3. The summed E-state index contributed by atoms with van der Waals surface area (Å²) in [6, 6.07) is 7.55. The van der Waals surface area contributed by atoms with Crippen LogP contribution in [-0.2, 0) is 6.42 Å². The molecule has 0 radical (unpaired) electrons. The van der Waals surface area contributed by atoms with Crippen molar-refractivity contribution in [3.63, 3.8) is 0 Å². The third kappa shape index (κ3) is 3.04. The predicted molar refractivity (Wildman–Crippen MR) is 79.1 cm³/mol. The minimum Gasteiger partial charge on any atom is -0.323 e. The third-order valence-corrected chi connectivity index (χ3v) is 5.31. The van der Waals surface area contributed by atoms with E-state index >= 15 is 0 Å². The van der Waals surface area contributed by atoms with Gasteiger partial charge in [0.15, 0.2) is 0 Å². The number of benzene rings is 1. The molecule has 1 aromatic heterocycles. The summed E-state index contributed by atoms with van der Waals surface area (Å²) in [5, 5.41) is 3.18. The van der Waals surface area contributed by atoms with Crippen LogP contribution in [0.1, 0.15) is 16.5 Å². The Hall–Kier alpha value is -0.0600. The van der Waals surface area contributed by atoms with Crippen molar-refractivity contribution in [1.29, 1.82) is 0 Å². The molecule has 2 N–H and O–H groups in total. The van der Waals surface area contributed by atoms with Gasteiger partial charge < -0.3 is 5.73 Å².